The molecule has 0 saturated heterocycles. The number of fused-ring (bicyclic) bond motifs is 5. The van der Waals surface area contributed by atoms with Gasteiger partial charge in [0.2, 0.25) is 0 Å². The van der Waals surface area contributed by atoms with Crippen LogP contribution >= 0.6 is 0 Å². The van der Waals surface area contributed by atoms with Crippen molar-refractivity contribution in [3.63, 3.8) is 0 Å². The Balaban J connectivity index is 1.84. The molecule has 0 bridgehead atoms. The zero-order valence-corrected chi connectivity index (χ0v) is 16.5. The summed E-state index contributed by atoms with van der Waals surface area (Å²) in [5.41, 5.74) is -4.09. The van der Waals surface area contributed by atoms with Crippen LogP contribution in [0.1, 0.15) is 40.0 Å². The Morgan fingerprint density at radius 3 is 2.61 bits per heavy atom. The summed E-state index contributed by atoms with van der Waals surface area (Å²) < 4.78 is 32.0. The second kappa shape index (κ2) is 6.05. The molecule has 0 aromatic carbocycles. The molecule has 4 nitrogen and oxygen atoms in total. The third-order valence-electron chi connectivity index (χ3n) is 8.47. The lowest BCUT2D eigenvalue weighted by Crippen LogP contribution is -2.68. The summed E-state index contributed by atoms with van der Waals surface area (Å²) in [6, 6.07) is 0. The van der Waals surface area contributed by atoms with Crippen molar-refractivity contribution in [2.24, 2.45) is 34.5 Å². The number of allylic oxidation sites excluding steroid dienone is 4. The number of halogens is 2. The lowest BCUT2D eigenvalue weighted by Gasteiger charge is -2.62. The van der Waals surface area contributed by atoms with Gasteiger partial charge in [-0.25, -0.2) is 8.78 Å². The Morgan fingerprint density at radius 1 is 1.29 bits per heavy atom. The van der Waals surface area contributed by atoms with Crippen LogP contribution in [0.4, 0.5) is 8.78 Å². The lowest BCUT2D eigenvalue weighted by atomic mass is 9.45. The summed E-state index contributed by atoms with van der Waals surface area (Å²) in [6.07, 6.45) is 1.52. The Labute approximate surface area is 163 Å². The van der Waals surface area contributed by atoms with Crippen molar-refractivity contribution < 1.29 is 28.6 Å². The number of carbonyl (C=O) groups excluding carboxylic acids is 2. The van der Waals surface area contributed by atoms with E-state index in [1.54, 1.807) is 6.92 Å². The van der Waals surface area contributed by atoms with E-state index in [1.807, 2.05) is 13.8 Å². The van der Waals surface area contributed by atoms with Gasteiger partial charge in [-0.1, -0.05) is 19.9 Å². The highest BCUT2D eigenvalue weighted by Crippen LogP contribution is 2.70. The minimum Gasteiger partial charge on any atom is -0.390 e. The van der Waals surface area contributed by atoms with Gasteiger partial charge < -0.3 is 10.2 Å². The highest BCUT2D eigenvalue weighted by Gasteiger charge is 2.73. The standard InChI is InChI=1S/C22H28F2O4/c1-11-6-13-14-8-16(23)15-7-12(26)4-5-21(15,3)22(14,24)18(28)9-20(13,2)19(11)17(27)10-25/h4-5,7,11,13-14,16,18-19,25,28H,6,8-10H2,1-3H3/t11-,13?,14?,16+,18?,19?,20+,21+,22+/m1/s1. The second-order valence-corrected chi connectivity index (χ2v) is 9.76. The molecular weight excluding hydrogens is 366 g/mol. The first-order chi connectivity index (χ1) is 13.0. The Kier molecular flexibility index (Phi) is 4.30. The molecule has 9 atom stereocenters. The Morgan fingerprint density at radius 2 is 1.96 bits per heavy atom. The topological polar surface area (TPSA) is 74.6 Å². The largest absolute Gasteiger partial charge is 0.390 e. The first-order valence-corrected chi connectivity index (χ1v) is 10.1. The number of rotatable bonds is 2. The van der Waals surface area contributed by atoms with Crippen LogP contribution in [0.3, 0.4) is 0 Å². The molecule has 2 N–H and O–H groups in total. The maximum Gasteiger partial charge on any atom is 0.178 e. The van der Waals surface area contributed by atoms with Gasteiger partial charge >= 0.3 is 0 Å². The molecule has 4 aliphatic rings. The van der Waals surface area contributed by atoms with Crippen molar-refractivity contribution >= 4 is 11.6 Å². The van der Waals surface area contributed by atoms with Crippen LogP contribution in [0.25, 0.3) is 0 Å². The predicted molar refractivity (Wildman–Crippen MR) is 98.8 cm³/mol. The molecule has 0 aromatic heterocycles. The zero-order valence-electron chi connectivity index (χ0n) is 16.5. The van der Waals surface area contributed by atoms with Crippen LogP contribution < -0.4 is 0 Å². The minimum atomic E-state index is -2.11. The number of alkyl halides is 2. The van der Waals surface area contributed by atoms with Crippen LogP contribution in [0.2, 0.25) is 0 Å². The molecule has 154 valence electrons. The van der Waals surface area contributed by atoms with E-state index in [2.05, 4.69) is 0 Å². The molecule has 3 fully saturated rings. The van der Waals surface area contributed by atoms with E-state index < -0.39 is 47.2 Å². The fourth-order valence-electron chi connectivity index (χ4n) is 7.36. The van der Waals surface area contributed by atoms with Crippen LogP contribution in [0.5, 0.6) is 0 Å². The lowest BCUT2D eigenvalue weighted by molar-refractivity contribution is -0.202. The van der Waals surface area contributed by atoms with Gasteiger partial charge in [0.25, 0.3) is 0 Å². The van der Waals surface area contributed by atoms with Crippen LogP contribution in [0.15, 0.2) is 23.8 Å². The molecular formula is C22H28F2O4. The Bertz CT molecular complexity index is 791. The molecule has 0 spiro atoms. The van der Waals surface area contributed by atoms with Gasteiger partial charge in [0.1, 0.15) is 12.8 Å². The second-order valence-electron chi connectivity index (χ2n) is 9.76. The van der Waals surface area contributed by atoms with E-state index >= 15 is 8.78 Å². The number of aliphatic hydroxyl groups is 2. The highest BCUT2D eigenvalue weighted by atomic mass is 19.1. The quantitative estimate of drug-likeness (QED) is 0.755. The maximum absolute atomic E-state index is 16.8. The average molecular weight is 394 g/mol. The predicted octanol–water partition coefficient (Wildman–Crippen LogP) is 2.73. The molecule has 0 aromatic rings. The number of carbonyl (C=O) groups is 2. The zero-order chi connectivity index (χ0) is 20.6. The van der Waals surface area contributed by atoms with Crippen molar-refractivity contribution in [2.45, 2.75) is 58.0 Å². The number of Topliss-reactive ketones (excluding diaryl/α,β-unsaturated/α-hetero) is 1. The Hall–Kier alpha value is -1.40. The normalized spacial score (nSPS) is 52.5. The van der Waals surface area contributed by atoms with Gasteiger partial charge in [-0.2, -0.15) is 0 Å². The van der Waals surface area contributed by atoms with Gasteiger partial charge in [0, 0.05) is 17.3 Å². The molecule has 28 heavy (non-hydrogen) atoms. The molecule has 3 saturated carbocycles. The average Bonchev–Trinajstić information content (AvgIpc) is 2.89. The van der Waals surface area contributed by atoms with Gasteiger partial charge in [-0.05, 0) is 61.2 Å². The van der Waals surface area contributed by atoms with Crippen molar-refractivity contribution in [2.75, 3.05) is 6.61 Å². The summed E-state index contributed by atoms with van der Waals surface area (Å²) in [7, 11) is 0. The van der Waals surface area contributed by atoms with Crippen molar-refractivity contribution in [1.29, 1.82) is 0 Å². The molecule has 0 heterocycles. The number of aliphatic hydroxyl groups excluding tert-OH is 2. The third kappa shape index (κ3) is 2.22. The van der Waals surface area contributed by atoms with Gasteiger partial charge in [0.15, 0.2) is 17.2 Å². The van der Waals surface area contributed by atoms with E-state index in [0.29, 0.717) is 6.42 Å². The minimum absolute atomic E-state index is 0.0736. The van der Waals surface area contributed by atoms with Crippen LogP contribution in [-0.2, 0) is 9.59 Å². The molecule has 4 unspecified atom stereocenters. The summed E-state index contributed by atoms with van der Waals surface area (Å²) in [5.74, 6) is -2.26. The summed E-state index contributed by atoms with van der Waals surface area (Å²) in [4.78, 5) is 24.3. The highest BCUT2D eigenvalue weighted by molar-refractivity contribution is 6.01. The number of hydrogen-bond donors (Lipinski definition) is 2. The molecule has 4 rings (SSSR count). The number of ketones is 2. The molecule has 6 heteroatoms. The summed E-state index contributed by atoms with van der Waals surface area (Å²) in [5, 5.41) is 20.5. The third-order valence-corrected chi connectivity index (χ3v) is 8.47. The van der Waals surface area contributed by atoms with Crippen LogP contribution in [0, 0.1) is 34.5 Å². The smallest absolute Gasteiger partial charge is 0.178 e. The van der Waals surface area contributed by atoms with E-state index in [-0.39, 0.29) is 41.8 Å². The molecule has 0 radical (unpaired) electrons. The fourth-order valence-corrected chi connectivity index (χ4v) is 7.36. The van der Waals surface area contributed by atoms with Crippen LogP contribution in [-0.4, -0.2) is 46.3 Å². The first kappa shape index (κ1) is 19.9. The fraction of sp³-hybridized carbons (Fsp3) is 0.727. The van der Waals surface area contributed by atoms with Crippen molar-refractivity contribution in [3.05, 3.63) is 23.8 Å². The SMILES string of the molecule is C[C@@H]1CC2C3C[C@H](F)C4=CC(=O)C=C[C@]4(C)[C@@]3(F)C(O)C[C@]2(C)C1C(=O)CO. The van der Waals surface area contributed by atoms with E-state index in [1.165, 1.54) is 18.2 Å². The van der Waals surface area contributed by atoms with Crippen molar-refractivity contribution in [1.82, 2.24) is 0 Å². The first-order valence-electron chi connectivity index (χ1n) is 10.1. The van der Waals surface area contributed by atoms with E-state index in [9.17, 15) is 19.8 Å². The van der Waals surface area contributed by atoms with Gasteiger partial charge in [-0.15, -0.1) is 0 Å². The molecule has 0 aliphatic heterocycles. The summed E-state index contributed by atoms with van der Waals surface area (Å²) >= 11 is 0. The maximum atomic E-state index is 16.8. The van der Waals surface area contributed by atoms with E-state index in [4.69, 9.17) is 0 Å². The van der Waals surface area contributed by atoms with Crippen molar-refractivity contribution in [3.8, 4) is 0 Å². The molecule has 4 aliphatic carbocycles. The molecule has 0 amide bonds. The van der Waals surface area contributed by atoms with E-state index in [0.717, 1.165) is 0 Å². The number of hydrogen-bond acceptors (Lipinski definition) is 4. The monoisotopic (exact) mass is 394 g/mol. The van der Waals surface area contributed by atoms with Gasteiger partial charge in [-0.3, -0.25) is 9.59 Å². The summed E-state index contributed by atoms with van der Waals surface area (Å²) in [6.45, 7) is 4.78. The van der Waals surface area contributed by atoms with Gasteiger partial charge in [0.05, 0.1) is 6.10 Å².